The minimum absolute atomic E-state index is 0.0898. The van der Waals surface area contributed by atoms with Gasteiger partial charge in [-0.05, 0) is 30.0 Å². The molecule has 20 heavy (non-hydrogen) atoms. The Morgan fingerprint density at radius 3 is 2.55 bits per heavy atom. The Labute approximate surface area is 119 Å². The van der Waals surface area contributed by atoms with Crippen molar-refractivity contribution in [2.24, 2.45) is 5.41 Å². The van der Waals surface area contributed by atoms with Gasteiger partial charge in [0.25, 0.3) is 0 Å². The molecule has 2 amide bonds. The zero-order valence-corrected chi connectivity index (χ0v) is 12.3. The second-order valence-electron chi connectivity index (χ2n) is 5.97. The normalized spacial score (nSPS) is 18.2. The van der Waals surface area contributed by atoms with E-state index in [9.17, 15) is 9.59 Å². The molecular formula is C15H21N3O2. The summed E-state index contributed by atoms with van der Waals surface area (Å²) in [5, 5.41) is 3.12. The van der Waals surface area contributed by atoms with E-state index >= 15 is 0 Å². The van der Waals surface area contributed by atoms with Gasteiger partial charge in [-0.25, -0.2) is 4.98 Å². The molecule has 0 atom stereocenters. The molecule has 2 rings (SSSR count). The van der Waals surface area contributed by atoms with Gasteiger partial charge in [0.2, 0.25) is 11.8 Å². The standard InChI is InChI=1S/C15H21N3O2/c1-4-16-12-7-11(5-6-17-12)10-18-13(19)8-15(2,3)9-14(18)20/h5-7H,4,8-10H2,1-3H3,(H,16,17). The lowest BCUT2D eigenvalue weighted by molar-refractivity contribution is -0.153. The molecule has 1 fully saturated rings. The van der Waals surface area contributed by atoms with Gasteiger partial charge >= 0.3 is 0 Å². The highest BCUT2D eigenvalue weighted by Gasteiger charge is 2.37. The van der Waals surface area contributed by atoms with Gasteiger partial charge in [-0.15, -0.1) is 0 Å². The molecular weight excluding hydrogens is 254 g/mol. The van der Waals surface area contributed by atoms with Crippen LogP contribution in [0.3, 0.4) is 0 Å². The van der Waals surface area contributed by atoms with Crippen LogP contribution in [0, 0.1) is 5.41 Å². The summed E-state index contributed by atoms with van der Waals surface area (Å²) >= 11 is 0. The molecule has 108 valence electrons. The van der Waals surface area contributed by atoms with Crippen LogP contribution in [0.1, 0.15) is 39.2 Å². The van der Waals surface area contributed by atoms with Crippen molar-refractivity contribution in [1.29, 1.82) is 0 Å². The molecule has 0 saturated carbocycles. The van der Waals surface area contributed by atoms with Gasteiger partial charge in [-0.1, -0.05) is 13.8 Å². The average Bonchev–Trinajstić information content (AvgIpc) is 2.34. The zero-order valence-electron chi connectivity index (χ0n) is 12.3. The average molecular weight is 275 g/mol. The fourth-order valence-corrected chi connectivity index (χ4v) is 2.42. The summed E-state index contributed by atoms with van der Waals surface area (Å²) in [5.74, 6) is 0.586. The van der Waals surface area contributed by atoms with Gasteiger partial charge in [-0.3, -0.25) is 14.5 Å². The minimum Gasteiger partial charge on any atom is -0.370 e. The molecule has 1 aliphatic rings. The summed E-state index contributed by atoms with van der Waals surface area (Å²) in [6.07, 6.45) is 2.53. The summed E-state index contributed by atoms with van der Waals surface area (Å²) in [5.41, 5.74) is 0.690. The third-order valence-electron chi connectivity index (χ3n) is 3.38. The number of pyridine rings is 1. The maximum Gasteiger partial charge on any atom is 0.230 e. The van der Waals surface area contributed by atoms with Gasteiger partial charge < -0.3 is 5.32 Å². The fraction of sp³-hybridized carbons (Fsp3) is 0.533. The molecule has 0 aliphatic carbocycles. The second kappa shape index (κ2) is 5.61. The Hall–Kier alpha value is -1.91. The van der Waals surface area contributed by atoms with Crippen molar-refractivity contribution in [3.8, 4) is 0 Å². The SMILES string of the molecule is CCNc1cc(CN2C(=O)CC(C)(C)CC2=O)ccn1. The molecule has 1 aromatic heterocycles. The Kier molecular flexibility index (Phi) is 4.06. The number of amides is 2. The summed E-state index contributed by atoms with van der Waals surface area (Å²) in [6.45, 7) is 7.01. The number of anilines is 1. The number of nitrogens with one attached hydrogen (secondary N) is 1. The molecule has 1 aliphatic heterocycles. The topological polar surface area (TPSA) is 62.3 Å². The van der Waals surface area contributed by atoms with Crippen molar-refractivity contribution in [3.63, 3.8) is 0 Å². The van der Waals surface area contributed by atoms with Crippen LogP contribution >= 0.6 is 0 Å². The maximum atomic E-state index is 12.1. The van der Waals surface area contributed by atoms with Gasteiger partial charge in [0.15, 0.2) is 0 Å². The third kappa shape index (κ3) is 3.35. The highest BCUT2D eigenvalue weighted by atomic mass is 16.2. The predicted octanol–water partition coefficient (Wildman–Crippen LogP) is 2.19. The lowest BCUT2D eigenvalue weighted by Crippen LogP contribution is -2.45. The third-order valence-corrected chi connectivity index (χ3v) is 3.38. The predicted molar refractivity (Wildman–Crippen MR) is 77.0 cm³/mol. The first kappa shape index (κ1) is 14.5. The number of imide groups is 1. The van der Waals surface area contributed by atoms with E-state index in [-0.39, 0.29) is 17.2 Å². The first-order valence-electron chi connectivity index (χ1n) is 6.93. The van der Waals surface area contributed by atoms with Crippen LogP contribution in [-0.4, -0.2) is 28.2 Å². The van der Waals surface area contributed by atoms with E-state index in [1.165, 1.54) is 4.90 Å². The molecule has 0 unspecified atom stereocenters. The summed E-state index contributed by atoms with van der Waals surface area (Å²) in [4.78, 5) is 29.8. The van der Waals surface area contributed by atoms with Gasteiger partial charge in [-0.2, -0.15) is 0 Å². The summed E-state index contributed by atoms with van der Waals surface area (Å²) in [7, 11) is 0. The van der Waals surface area contributed by atoms with Crippen molar-refractivity contribution in [2.45, 2.75) is 40.2 Å². The van der Waals surface area contributed by atoms with Crippen LogP contribution in [0.2, 0.25) is 0 Å². The number of hydrogen-bond acceptors (Lipinski definition) is 4. The van der Waals surface area contributed by atoms with Crippen molar-refractivity contribution in [3.05, 3.63) is 23.9 Å². The van der Waals surface area contributed by atoms with Crippen molar-refractivity contribution < 1.29 is 9.59 Å². The number of aromatic nitrogens is 1. The molecule has 2 heterocycles. The van der Waals surface area contributed by atoms with Crippen molar-refractivity contribution >= 4 is 17.6 Å². The summed E-state index contributed by atoms with van der Waals surface area (Å²) < 4.78 is 0. The van der Waals surface area contributed by atoms with Crippen LogP contribution in [0.15, 0.2) is 18.3 Å². The van der Waals surface area contributed by atoms with Crippen LogP contribution in [0.25, 0.3) is 0 Å². The minimum atomic E-state index is -0.224. The van der Waals surface area contributed by atoms with E-state index in [0.717, 1.165) is 17.9 Å². The molecule has 0 radical (unpaired) electrons. The highest BCUT2D eigenvalue weighted by molar-refractivity contribution is 5.98. The molecule has 0 bridgehead atoms. The van der Waals surface area contributed by atoms with E-state index < -0.39 is 0 Å². The Bertz CT molecular complexity index is 506. The molecule has 1 saturated heterocycles. The molecule has 5 heteroatoms. The van der Waals surface area contributed by atoms with Crippen LogP contribution in [0.4, 0.5) is 5.82 Å². The van der Waals surface area contributed by atoms with Crippen LogP contribution < -0.4 is 5.32 Å². The largest absolute Gasteiger partial charge is 0.370 e. The maximum absolute atomic E-state index is 12.1. The van der Waals surface area contributed by atoms with E-state index in [1.54, 1.807) is 6.20 Å². The van der Waals surface area contributed by atoms with Gasteiger partial charge in [0, 0.05) is 25.6 Å². The van der Waals surface area contributed by atoms with Gasteiger partial charge in [0.05, 0.1) is 6.54 Å². The lowest BCUT2D eigenvalue weighted by atomic mass is 9.81. The Balaban J connectivity index is 2.11. The number of carbonyl (C=O) groups is 2. The first-order valence-corrected chi connectivity index (χ1v) is 6.93. The lowest BCUT2D eigenvalue weighted by Gasteiger charge is -2.34. The first-order chi connectivity index (χ1) is 9.41. The van der Waals surface area contributed by atoms with E-state index in [1.807, 2.05) is 32.9 Å². The number of likely N-dealkylation sites (tertiary alicyclic amines) is 1. The highest BCUT2D eigenvalue weighted by Crippen LogP contribution is 2.32. The molecule has 1 aromatic rings. The number of carbonyl (C=O) groups excluding carboxylic acids is 2. The fourth-order valence-electron chi connectivity index (χ4n) is 2.42. The monoisotopic (exact) mass is 275 g/mol. The number of hydrogen-bond donors (Lipinski definition) is 1. The zero-order chi connectivity index (χ0) is 14.8. The van der Waals surface area contributed by atoms with Crippen molar-refractivity contribution in [2.75, 3.05) is 11.9 Å². The van der Waals surface area contributed by atoms with Crippen LogP contribution in [-0.2, 0) is 16.1 Å². The van der Waals surface area contributed by atoms with E-state index in [2.05, 4.69) is 10.3 Å². The number of rotatable bonds is 4. The van der Waals surface area contributed by atoms with Crippen molar-refractivity contribution in [1.82, 2.24) is 9.88 Å². The Morgan fingerprint density at radius 2 is 1.95 bits per heavy atom. The Morgan fingerprint density at radius 1 is 1.30 bits per heavy atom. The summed E-state index contributed by atoms with van der Waals surface area (Å²) in [6, 6.07) is 3.71. The molecule has 1 N–H and O–H groups in total. The second-order valence-corrected chi connectivity index (χ2v) is 5.97. The van der Waals surface area contributed by atoms with E-state index in [4.69, 9.17) is 0 Å². The molecule has 0 spiro atoms. The number of piperidine rings is 1. The molecule has 0 aromatic carbocycles. The quantitative estimate of drug-likeness (QED) is 0.856. The van der Waals surface area contributed by atoms with E-state index in [0.29, 0.717) is 19.4 Å². The smallest absolute Gasteiger partial charge is 0.230 e. The number of nitrogens with zero attached hydrogens (tertiary/aromatic N) is 2. The molecule has 5 nitrogen and oxygen atoms in total. The van der Waals surface area contributed by atoms with Crippen LogP contribution in [0.5, 0.6) is 0 Å². The van der Waals surface area contributed by atoms with Gasteiger partial charge in [0.1, 0.15) is 5.82 Å².